The van der Waals surface area contributed by atoms with Gasteiger partial charge in [0.05, 0.1) is 0 Å². The van der Waals surface area contributed by atoms with Gasteiger partial charge in [-0.2, -0.15) is 0 Å². The van der Waals surface area contributed by atoms with E-state index in [1.54, 1.807) is 0 Å². The fourth-order valence-electron chi connectivity index (χ4n) is 0.943. The summed E-state index contributed by atoms with van der Waals surface area (Å²) in [5, 5.41) is 0. The fraction of sp³-hybridized carbons (Fsp3) is 0.231. The molecule has 0 aliphatic heterocycles. The van der Waals surface area contributed by atoms with Gasteiger partial charge in [-0.1, -0.05) is 62.4 Å². The van der Waals surface area contributed by atoms with Gasteiger partial charge in [-0.3, -0.25) is 0 Å². The van der Waals surface area contributed by atoms with Crippen LogP contribution >= 0.6 is 0 Å². The molecule has 0 spiro atoms. The van der Waals surface area contributed by atoms with Gasteiger partial charge in [0.2, 0.25) is 0 Å². The summed E-state index contributed by atoms with van der Waals surface area (Å²) in [6, 6.07) is 10.3. The van der Waals surface area contributed by atoms with Crippen LogP contribution in [0.1, 0.15) is 19.4 Å². The molecule has 0 aromatic heterocycles. The highest BCUT2D eigenvalue weighted by atomic mass is 14.1. The Kier molecular flexibility index (Phi) is 3.07. The van der Waals surface area contributed by atoms with Crippen LogP contribution in [0, 0.1) is 5.41 Å². The quantitative estimate of drug-likeness (QED) is 0.606. The van der Waals surface area contributed by atoms with Crippen LogP contribution in [0.2, 0.25) is 0 Å². The lowest BCUT2D eigenvalue weighted by atomic mass is 9.93. The number of rotatable bonds is 3. The summed E-state index contributed by atoms with van der Waals surface area (Å²) < 4.78 is 0. The van der Waals surface area contributed by atoms with Crippen molar-refractivity contribution in [1.82, 2.24) is 0 Å². The molecule has 13 heavy (non-hydrogen) atoms. The van der Waals surface area contributed by atoms with E-state index in [9.17, 15) is 0 Å². The zero-order chi connectivity index (χ0) is 9.73. The van der Waals surface area contributed by atoms with Crippen molar-refractivity contribution >= 4 is 6.08 Å². The standard InChI is InChI=1S/C13H16/c1-4-13(2,3)11-10-12-8-6-5-7-9-12/h4-11H,1H2,2-3H3/b11-10-. The first-order chi connectivity index (χ1) is 6.14. The van der Waals surface area contributed by atoms with Crippen LogP contribution in [0.25, 0.3) is 6.08 Å². The van der Waals surface area contributed by atoms with E-state index in [1.165, 1.54) is 5.56 Å². The van der Waals surface area contributed by atoms with E-state index < -0.39 is 0 Å². The molecule has 0 saturated carbocycles. The SMILES string of the molecule is C=CC(C)(C)/C=C\c1ccccc1. The second-order valence-electron chi connectivity index (χ2n) is 3.77. The van der Waals surface area contributed by atoms with Crippen molar-refractivity contribution < 1.29 is 0 Å². The van der Waals surface area contributed by atoms with Crippen molar-refractivity contribution in [1.29, 1.82) is 0 Å². The third kappa shape index (κ3) is 3.29. The van der Waals surface area contributed by atoms with Crippen molar-refractivity contribution in [2.24, 2.45) is 5.41 Å². The average Bonchev–Trinajstić information content (AvgIpc) is 2.17. The summed E-state index contributed by atoms with van der Waals surface area (Å²) in [4.78, 5) is 0. The molecule has 0 aliphatic rings. The maximum Gasteiger partial charge on any atom is 0.000506 e. The van der Waals surface area contributed by atoms with Gasteiger partial charge in [-0.05, 0) is 5.56 Å². The molecule has 1 aromatic rings. The number of hydrogen-bond acceptors (Lipinski definition) is 0. The highest BCUT2D eigenvalue weighted by Crippen LogP contribution is 2.19. The van der Waals surface area contributed by atoms with Gasteiger partial charge in [0.15, 0.2) is 0 Å². The molecule has 0 nitrogen and oxygen atoms in total. The Labute approximate surface area is 80.6 Å². The van der Waals surface area contributed by atoms with E-state index in [-0.39, 0.29) is 5.41 Å². The molecule has 0 amide bonds. The van der Waals surface area contributed by atoms with Crippen LogP contribution < -0.4 is 0 Å². The third-order valence-corrected chi connectivity index (χ3v) is 2.03. The molecule has 0 radical (unpaired) electrons. The first-order valence-electron chi connectivity index (χ1n) is 4.52. The fourth-order valence-corrected chi connectivity index (χ4v) is 0.943. The van der Waals surface area contributed by atoms with Gasteiger partial charge in [-0.25, -0.2) is 0 Å². The van der Waals surface area contributed by atoms with E-state index in [4.69, 9.17) is 0 Å². The van der Waals surface area contributed by atoms with Gasteiger partial charge in [0.25, 0.3) is 0 Å². The first-order valence-corrected chi connectivity index (χ1v) is 4.52. The maximum absolute atomic E-state index is 3.79. The Morgan fingerprint density at radius 2 is 1.77 bits per heavy atom. The van der Waals surface area contributed by atoms with E-state index in [0.29, 0.717) is 0 Å². The smallest absolute Gasteiger partial charge is 0.000506 e. The average molecular weight is 172 g/mol. The molecule has 0 atom stereocenters. The molecule has 68 valence electrons. The van der Waals surface area contributed by atoms with Crippen molar-refractivity contribution in [2.45, 2.75) is 13.8 Å². The number of hydrogen-bond donors (Lipinski definition) is 0. The van der Waals surface area contributed by atoms with Crippen molar-refractivity contribution in [3.63, 3.8) is 0 Å². The molecule has 0 unspecified atom stereocenters. The number of allylic oxidation sites excluding steroid dienone is 2. The largest absolute Gasteiger partial charge is 0.102 e. The Balaban J connectivity index is 2.75. The van der Waals surface area contributed by atoms with E-state index in [1.807, 2.05) is 24.3 Å². The zero-order valence-electron chi connectivity index (χ0n) is 8.33. The van der Waals surface area contributed by atoms with E-state index >= 15 is 0 Å². The molecule has 0 bridgehead atoms. The van der Waals surface area contributed by atoms with Gasteiger partial charge in [-0.15, -0.1) is 6.58 Å². The minimum atomic E-state index is 0.0792. The highest BCUT2D eigenvalue weighted by Gasteiger charge is 2.05. The van der Waals surface area contributed by atoms with Gasteiger partial charge in [0.1, 0.15) is 0 Å². The second kappa shape index (κ2) is 4.08. The lowest BCUT2D eigenvalue weighted by Gasteiger charge is -2.12. The lowest BCUT2D eigenvalue weighted by Crippen LogP contribution is -2.00. The summed E-state index contributed by atoms with van der Waals surface area (Å²) in [6.45, 7) is 8.07. The van der Waals surface area contributed by atoms with Crippen molar-refractivity contribution in [3.8, 4) is 0 Å². The lowest BCUT2D eigenvalue weighted by molar-refractivity contribution is 0.631. The maximum atomic E-state index is 3.79. The second-order valence-corrected chi connectivity index (χ2v) is 3.77. The van der Waals surface area contributed by atoms with Crippen LogP contribution in [-0.2, 0) is 0 Å². The molecule has 1 rings (SSSR count). The molecule has 0 saturated heterocycles. The third-order valence-electron chi connectivity index (χ3n) is 2.03. The molecule has 0 heterocycles. The Hall–Kier alpha value is -1.30. The molecule has 0 N–H and O–H groups in total. The van der Waals surface area contributed by atoms with Crippen LogP contribution in [0.15, 0.2) is 49.1 Å². The van der Waals surface area contributed by atoms with E-state index in [2.05, 4.69) is 44.7 Å². The topological polar surface area (TPSA) is 0 Å². The summed E-state index contributed by atoms with van der Waals surface area (Å²) in [5.74, 6) is 0. The van der Waals surface area contributed by atoms with Gasteiger partial charge < -0.3 is 0 Å². The predicted molar refractivity (Wildman–Crippen MR) is 59.5 cm³/mol. The minimum Gasteiger partial charge on any atom is -0.102 e. The van der Waals surface area contributed by atoms with Crippen LogP contribution in [0.3, 0.4) is 0 Å². The minimum absolute atomic E-state index is 0.0792. The molecular formula is C13H16. The van der Waals surface area contributed by atoms with Gasteiger partial charge >= 0.3 is 0 Å². The molecule has 0 fully saturated rings. The molecule has 0 heteroatoms. The summed E-state index contributed by atoms with van der Waals surface area (Å²) in [5.41, 5.74) is 1.31. The van der Waals surface area contributed by atoms with Gasteiger partial charge in [0, 0.05) is 5.41 Å². The highest BCUT2D eigenvalue weighted by molar-refractivity contribution is 5.50. The van der Waals surface area contributed by atoms with Crippen LogP contribution in [0.4, 0.5) is 0 Å². The molecular weight excluding hydrogens is 156 g/mol. The van der Waals surface area contributed by atoms with E-state index in [0.717, 1.165) is 0 Å². The summed E-state index contributed by atoms with van der Waals surface area (Å²) in [6.07, 6.45) is 6.24. The Morgan fingerprint density at radius 1 is 1.15 bits per heavy atom. The molecule has 1 aromatic carbocycles. The van der Waals surface area contributed by atoms with Crippen molar-refractivity contribution in [2.75, 3.05) is 0 Å². The van der Waals surface area contributed by atoms with Crippen LogP contribution in [0.5, 0.6) is 0 Å². The summed E-state index contributed by atoms with van der Waals surface area (Å²) >= 11 is 0. The first kappa shape index (κ1) is 9.79. The van der Waals surface area contributed by atoms with Crippen molar-refractivity contribution in [3.05, 3.63) is 54.6 Å². The number of benzene rings is 1. The summed E-state index contributed by atoms with van der Waals surface area (Å²) in [7, 11) is 0. The van der Waals surface area contributed by atoms with Crippen LogP contribution in [-0.4, -0.2) is 0 Å². The Morgan fingerprint density at radius 3 is 2.31 bits per heavy atom. The normalized spacial score (nSPS) is 11.8. The predicted octanol–water partition coefficient (Wildman–Crippen LogP) is 3.91. The monoisotopic (exact) mass is 172 g/mol. The Bertz CT molecular complexity index is 291. The zero-order valence-corrected chi connectivity index (χ0v) is 8.33. The molecule has 0 aliphatic carbocycles.